The molecule has 2 aliphatic heterocycles. The minimum atomic E-state index is -1.33. The summed E-state index contributed by atoms with van der Waals surface area (Å²) in [5.74, 6) is -2.63. The van der Waals surface area contributed by atoms with Gasteiger partial charge < -0.3 is 23.8 Å². The van der Waals surface area contributed by atoms with Crippen molar-refractivity contribution in [3.05, 3.63) is 155 Å². The molecule has 4 atom stereocenters. The van der Waals surface area contributed by atoms with Crippen molar-refractivity contribution < 1.29 is 37.7 Å². The van der Waals surface area contributed by atoms with E-state index in [0.29, 0.717) is 26.1 Å². The lowest BCUT2D eigenvalue weighted by atomic mass is 10.1. The van der Waals surface area contributed by atoms with Gasteiger partial charge in [0.1, 0.15) is 18.5 Å². The molecule has 0 spiro atoms. The highest BCUT2D eigenvalue weighted by Crippen LogP contribution is 2.52. The first-order valence-electron chi connectivity index (χ1n) is 15.3. The number of hydrogen-bond donors (Lipinski definition) is 0. The topological polar surface area (TPSA) is 91.4 Å². The van der Waals surface area contributed by atoms with Crippen molar-refractivity contribution >= 4 is 52.6 Å². The van der Waals surface area contributed by atoms with Crippen LogP contribution in [-0.4, -0.2) is 49.1 Å². The van der Waals surface area contributed by atoms with Gasteiger partial charge in [0.2, 0.25) is 0 Å². The van der Waals surface area contributed by atoms with Gasteiger partial charge in [0.25, 0.3) is 0 Å². The third kappa shape index (κ3) is 6.76. The van der Waals surface area contributed by atoms with Crippen molar-refractivity contribution in [2.45, 2.75) is 34.3 Å². The monoisotopic (exact) mass is 695 g/mol. The number of anilines is 2. The maximum Gasteiger partial charge on any atom is 0.338 e. The van der Waals surface area contributed by atoms with Crippen LogP contribution in [0.5, 0.6) is 0 Å². The molecular weight excluding hydrogens is 669 g/mol. The van der Waals surface area contributed by atoms with Crippen LogP contribution < -0.4 is 4.90 Å². The summed E-state index contributed by atoms with van der Waals surface area (Å²) in [6.07, 6.45) is -5.02. The first-order chi connectivity index (χ1) is 23.9. The molecule has 0 aliphatic carbocycles. The van der Waals surface area contributed by atoms with Crippen LogP contribution in [0.1, 0.15) is 31.1 Å². The van der Waals surface area contributed by atoms with E-state index in [2.05, 4.69) is 0 Å². The van der Waals surface area contributed by atoms with Crippen molar-refractivity contribution in [3.8, 4) is 0 Å². The number of rotatable bonds is 8. The quantitative estimate of drug-likeness (QED) is 0.118. The van der Waals surface area contributed by atoms with E-state index in [0.717, 1.165) is 0 Å². The number of benzene rings is 5. The molecule has 49 heavy (non-hydrogen) atoms. The Morgan fingerprint density at radius 2 is 1.27 bits per heavy atom. The van der Waals surface area contributed by atoms with Crippen LogP contribution in [0.15, 0.2) is 137 Å². The summed E-state index contributed by atoms with van der Waals surface area (Å²) in [6.45, 7) is -0.378. The number of carbonyl (C=O) groups is 3. The van der Waals surface area contributed by atoms with Gasteiger partial charge in [0, 0.05) is 14.8 Å². The summed E-state index contributed by atoms with van der Waals surface area (Å²) >= 11 is 7.70. The van der Waals surface area contributed by atoms with E-state index in [-0.39, 0.29) is 23.4 Å². The molecule has 5 aromatic carbocycles. The van der Waals surface area contributed by atoms with Crippen LogP contribution in [0, 0.1) is 5.82 Å². The number of halogens is 2. The van der Waals surface area contributed by atoms with Crippen molar-refractivity contribution in [3.63, 3.8) is 0 Å². The van der Waals surface area contributed by atoms with E-state index < -0.39 is 48.3 Å². The summed E-state index contributed by atoms with van der Waals surface area (Å²) in [6, 6.07) is 34.7. The number of nitrogens with zero attached hydrogens (tertiary/aromatic N) is 1. The zero-order chi connectivity index (χ0) is 33.9. The van der Waals surface area contributed by atoms with Crippen LogP contribution in [0.2, 0.25) is 5.02 Å². The molecule has 8 nitrogen and oxygen atoms in total. The summed E-state index contributed by atoms with van der Waals surface area (Å²) in [5, 5.41) is 0.464. The van der Waals surface area contributed by atoms with Gasteiger partial charge in [0.15, 0.2) is 18.4 Å². The standard InChI is InChI=1S/C38H27ClFNO7S/c39-26-19-20-28-31(21-26)49-30-18-10-17-27(40)32(30)41(28)35-34(48-38(44)25-15-8-3-9-16-25)33(47-37(43)24-13-6-2-7-14-24)29(46-35)22-45-36(42)23-11-4-1-5-12-23/h1-21,29,33-35H,22H2/t29-,33-,34-,35-/m0/s1. The molecule has 7 rings (SSSR count). The summed E-state index contributed by atoms with van der Waals surface area (Å²) in [7, 11) is 0. The van der Waals surface area contributed by atoms with Crippen molar-refractivity contribution in [2.24, 2.45) is 0 Å². The molecular formula is C38H27ClFNO7S. The third-order valence-electron chi connectivity index (χ3n) is 8.03. The van der Waals surface area contributed by atoms with Gasteiger partial charge in [-0.3, -0.25) is 0 Å². The Hall–Kier alpha value is -5.16. The van der Waals surface area contributed by atoms with E-state index in [9.17, 15) is 14.4 Å². The summed E-state index contributed by atoms with van der Waals surface area (Å²) < 4.78 is 40.3. The molecule has 2 aliphatic rings. The van der Waals surface area contributed by atoms with E-state index >= 15 is 4.39 Å². The maximum atomic E-state index is 15.9. The summed E-state index contributed by atoms with van der Waals surface area (Å²) in [4.78, 5) is 43.1. The van der Waals surface area contributed by atoms with Crippen LogP contribution in [-0.2, 0) is 18.9 Å². The molecule has 1 fully saturated rings. The number of ether oxygens (including phenoxy) is 4. The molecule has 0 unspecified atom stereocenters. The Kier molecular flexibility index (Phi) is 9.34. The molecule has 0 radical (unpaired) electrons. The van der Waals surface area contributed by atoms with Crippen molar-refractivity contribution in [2.75, 3.05) is 11.5 Å². The Balaban J connectivity index is 1.32. The molecule has 246 valence electrons. The van der Waals surface area contributed by atoms with E-state index in [1.807, 2.05) is 0 Å². The smallest absolute Gasteiger partial charge is 0.338 e. The summed E-state index contributed by atoms with van der Waals surface area (Å²) in [5.41, 5.74) is 1.47. The van der Waals surface area contributed by atoms with Gasteiger partial charge in [-0.05, 0) is 66.7 Å². The normalized spacial score (nSPS) is 19.3. The fraction of sp³-hybridized carbons (Fsp3) is 0.132. The van der Waals surface area contributed by atoms with E-state index in [1.54, 1.807) is 126 Å². The number of esters is 3. The number of para-hydroxylation sites is 1. The van der Waals surface area contributed by atoms with Gasteiger partial charge >= 0.3 is 17.9 Å². The molecule has 0 bridgehead atoms. The minimum Gasteiger partial charge on any atom is -0.459 e. The highest BCUT2D eigenvalue weighted by molar-refractivity contribution is 7.99. The van der Waals surface area contributed by atoms with Crippen LogP contribution in [0.25, 0.3) is 0 Å². The Bertz CT molecular complexity index is 2000. The van der Waals surface area contributed by atoms with Gasteiger partial charge in [0.05, 0.1) is 28.1 Å². The average Bonchev–Trinajstić information content (AvgIpc) is 3.46. The highest BCUT2D eigenvalue weighted by Gasteiger charge is 2.54. The second-order valence-corrected chi connectivity index (χ2v) is 12.7. The molecule has 0 N–H and O–H groups in total. The lowest BCUT2D eigenvalue weighted by molar-refractivity contribution is -0.0446. The SMILES string of the molecule is O=C(OC[C@@H]1O[C@H](N2c3ccc(Cl)cc3Sc3cccc(F)c32)[C@@H](OC(=O)c2ccccc2)[C@H]1OC(=O)c1ccccc1)c1ccccc1. The molecule has 11 heteroatoms. The average molecular weight is 696 g/mol. The fourth-order valence-corrected chi connectivity index (χ4v) is 7.12. The van der Waals surface area contributed by atoms with Crippen molar-refractivity contribution in [1.82, 2.24) is 0 Å². The minimum absolute atomic E-state index is 0.170. The molecule has 0 aromatic heterocycles. The number of carbonyl (C=O) groups excluding carboxylic acids is 3. The number of hydrogen-bond acceptors (Lipinski definition) is 9. The first-order valence-corrected chi connectivity index (χ1v) is 16.5. The Morgan fingerprint density at radius 3 is 1.88 bits per heavy atom. The molecule has 2 heterocycles. The van der Waals surface area contributed by atoms with Crippen LogP contribution >= 0.6 is 23.4 Å². The lowest BCUT2D eigenvalue weighted by Gasteiger charge is -2.38. The van der Waals surface area contributed by atoms with Crippen LogP contribution in [0.3, 0.4) is 0 Å². The predicted octanol–water partition coefficient (Wildman–Crippen LogP) is 8.11. The van der Waals surface area contributed by atoms with E-state index in [1.165, 1.54) is 17.8 Å². The molecule has 0 amide bonds. The Morgan fingerprint density at radius 1 is 0.694 bits per heavy atom. The van der Waals surface area contributed by atoms with Gasteiger partial charge in [-0.15, -0.1) is 0 Å². The molecule has 5 aromatic rings. The Labute approximate surface area is 290 Å². The maximum absolute atomic E-state index is 15.9. The van der Waals surface area contributed by atoms with E-state index in [4.69, 9.17) is 30.5 Å². The van der Waals surface area contributed by atoms with Gasteiger partial charge in [-0.2, -0.15) is 0 Å². The second-order valence-electron chi connectivity index (χ2n) is 11.2. The fourth-order valence-electron chi connectivity index (χ4n) is 5.75. The second kappa shape index (κ2) is 14.1. The van der Waals surface area contributed by atoms with Crippen LogP contribution in [0.4, 0.5) is 15.8 Å². The zero-order valence-corrected chi connectivity index (χ0v) is 27.2. The zero-order valence-electron chi connectivity index (χ0n) is 25.6. The highest BCUT2D eigenvalue weighted by atomic mass is 35.5. The predicted molar refractivity (Wildman–Crippen MR) is 181 cm³/mol. The molecule has 0 saturated carbocycles. The third-order valence-corrected chi connectivity index (χ3v) is 9.36. The molecule has 1 saturated heterocycles. The lowest BCUT2D eigenvalue weighted by Crippen LogP contribution is -2.47. The van der Waals surface area contributed by atoms with Gasteiger partial charge in [-0.25, -0.2) is 18.8 Å². The van der Waals surface area contributed by atoms with Gasteiger partial charge in [-0.1, -0.05) is 84.0 Å². The first kappa shape index (κ1) is 32.4. The largest absolute Gasteiger partial charge is 0.459 e. The number of fused-ring (bicyclic) bond motifs is 2. The van der Waals surface area contributed by atoms with Crippen molar-refractivity contribution in [1.29, 1.82) is 0 Å².